The normalized spacial score (nSPS) is 6.64. The van der Waals surface area contributed by atoms with Gasteiger partial charge in [-0.3, -0.25) is 10.1 Å². The topological polar surface area (TPSA) is 81.5 Å². The van der Waals surface area contributed by atoms with E-state index in [1.807, 2.05) is 58.0 Å². The van der Waals surface area contributed by atoms with E-state index in [4.69, 9.17) is 14.9 Å². The van der Waals surface area contributed by atoms with Gasteiger partial charge in [-0.2, -0.15) is 0 Å². The minimum absolute atomic E-state index is 0. The molecule has 0 atom stereocenters. The molecule has 0 saturated carbocycles. The average Bonchev–Trinajstić information content (AvgIpc) is 2.49. The number of alkyl carbamates (subject to hydrolysis) is 1. The Kier molecular flexibility index (Phi) is 45.3. The maximum absolute atomic E-state index is 10.7. The molecular formula is C14H26Ar2N2O4. The van der Waals surface area contributed by atoms with Crippen molar-refractivity contribution in [1.82, 2.24) is 5.32 Å². The Hall–Kier alpha value is 0.409. The van der Waals surface area contributed by atoms with Gasteiger partial charge in [0.2, 0.25) is 0 Å². The molecule has 132 valence electrons. The predicted octanol–water partition coefficient (Wildman–Crippen LogP) is 3.49. The van der Waals surface area contributed by atoms with Crippen molar-refractivity contribution < 1.29 is 89.9 Å². The molecule has 1 rings (SSSR count). The molecule has 0 saturated heterocycles. The zero-order valence-corrected chi connectivity index (χ0v) is 15.3. The molecule has 22 heavy (non-hydrogen) atoms. The Morgan fingerprint density at radius 2 is 1.50 bits per heavy atom. The first kappa shape index (κ1) is 33.9. The minimum atomic E-state index is -0.500. The number of nitro groups is 1. The molecule has 6 nitrogen and oxygen atoms in total. The van der Waals surface area contributed by atoms with E-state index in [-0.39, 0.29) is 75.5 Å². The van der Waals surface area contributed by atoms with E-state index in [1.165, 1.54) is 7.05 Å². The third kappa shape index (κ3) is 32.4. The molecule has 1 aromatic rings. The van der Waals surface area contributed by atoms with Crippen molar-refractivity contribution in [3.8, 4) is 0 Å². The van der Waals surface area contributed by atoms with Crippen molar-refractivity contribution in [2.45, 2.75) is 34.3 Å². The van der Waals surface area contributed by atoms with Gasteiger partial charge in [0.15, 0.2) is 7.05 Å². The van der Waals surface area contributed by atoms with Gasteiger partial charge < -0.3 is 10.1 Å². The van der Waals surface area contributed by atoms with E-state index in [2.05, 4.69) is 5.32 Å². The van der Waals surface area contributed by atoms with Crippen LogP contribution in [0.2, 0.25) is 0 Å². The van der Waals surface area contributed by atoms with Crippen molar-refractivity contribution in [3.05, 3.63) is 46.0 Å². The molecule has 0 aliphatic rings. The quantitative estimate of drug-likeness (QED) is 0.642. The first-order chi connectivity index (χ1) is 9.56. The summed E-state index contributed by atoms with van der Waals surface area (Å²) in [6.07, 6.45) is -0.404. The van der Waals surface area contributed by atoms with E-state index >= 15 is 0 Å². The Balaban J connectivity index is -0.0000000831. The second-order valence-electron chi connectivity index (χ2n) is 2.75. The van der Waals surface area contributed by atoms with Gasteiger partial charge in [0.05, 0.1) is 0 Å². The summed E-state index contributed by atoms with van der Waals surface area (Å²) in [5.74, 6) is 0. The molecule has 0 unspecified atom stereocenters. The van der Waals surface area contributed by atoms with Gasteiger partial charge in [0, 0.05) is 87.4 Å². The van der Waals surface area contributed by atoms with Gasteiger partial charge in [-0.05, 0) is 5.56 Å². The summed E-state index contributed by atoms with van der Waals surface area (Å²) in [6, 6.07) is 9.54. The Morgan fingerprint density at radius 1 is 1.14 bits per heavy atom. The third-order valence-corrected chi connectivity index (χ3v) is 1.42. The summed E-state index contributed by atoms with van der Waals surface area (Å²) < 4.78 is 4.83. The van der Waals surface area contributed by atoms with Gasteiger partial charge in [0.25, 0.3) is 0 Å². The molecule has 0 aliphatic carbocycles. The van der Waals surface area contributed by atoms with Crippen LogP contribution in [0.25, 0.3) is 0 Å². The molecule has 0 fully saturated rings. The zero-order valence-electron chi connectivity index (χ0n) is 13.9. The van der Waals surface area contributed by atoms with E-state index in [1.54, 1.807) is 0 Å². The molecule has 0 spiro atoms. The molecule has 0 aromatic heterocycles. The maximum atomic E-state index is 10.7. The summed E-state index contributed by atoms with van der Waals surface area (Å²) in [4.78, 5) is 19.0. The summed E-state index contributed by atoms with van der Waals surface area (Å²) in [5.41, 5.74) is 0.987. The number of rotatable bonds is 2. The molecule has 1 N–H and O–H groups in total. The van der Waals surface area contributed by atoms with Crippen molar-refractivity contribution in [2.75, 3.05) is 14.1 Å². The summed E-state index contributed by atoms with van der Waals surface area (Å²) in [7, 11) is 2.42. The minimum Gasteiger partial charge on any atom is -0.445 e. The first-order valence-electron chi connectivity index (χ1n) is 6.52. The maximum Gasteiger partial charge on any atom is 0.407 e. The second kappa shape index (κ2) is 29.4. The van der Waals surface area contributed by atoms with Crippen LogP contribution in [0.4, 0.5) is 4.79 Å². The van der Waals surface area contributed by atoms with Crippen LogP contribution in [0.1, 0.15) is 33.3 Å². The van der Waals surface area contributed by atoms with Crippen LogP contribution in [0.15, 0.2) is 30.3 Å². The van der Waals surface area contributed by atoms with Crippen molar-refractivity contribution >= 4 is 6.09 Å². The number of ether oxygens (including phenoxy) is 1. The molecule has 0 radical (unpaired) electrons. The van der Waals surface area contributed by atoms with Crippen LogP contribution >= 0.6 is 0 Å². The average molecular weight is 366 g/mol. The molecule has 0 aliphatic heterocycles. The number of nitrogens with one attached hydrogen (secondary N) is 1. The number of nitrogens with zero attached hydrogens (tertiary/aromatic N) is 1. The number of hydrogen-bond donors (Lipinski definition) is 1. The zero-order chi connectivity index (χ0) is 16.4. The SMILES string of the molecule is CC.CC.CNC(=O)OCc1ccccc1.C[N+](=O)[O-].[Ar].[Ar]. The molecule has 8 heteroatoms. The van der Waals surface area contributed by atoms with Crippen LogP contribution in [-0.2, 0) is 11.3 Å². The number of benzene rings is 1. The van der Waals surface area contributed by atoms with Crippen molar-refractivity contribution in [1.29, 1.82) is 0 Å². The molecular weight excluding hydrogens is 340 g/mol. The van der Waals surface area contributed by atoms with Gasteiger partial charge in [-0.25, -0.2) is 4.79 Å². The van der Waals surface area contributed by atoms with Gasteiger partial charge >= 0.3 is 6.09 Å². The van der Waals surface area contributed by atoms with Gasteiger partial charge in [-0.15, -0.1) is 0 Å². The van der Waals surface area contributed by atoms with Crippen LogP contribution in [-0.4, -0.2) is 25.1 Å². The molecule has 0 heterocycles. The van der Waals surface area contributed by atoms with Crippen LogP contribution in [0.3, 0.4) is 0 Å². The molecule has 1 amide bonds. The van der Waals surface area contributed by atoms with E-state index in [0.29, 0.717) is 6.61 Å². The summed E-state index contributed by atoms with van der Waals surface area (Å²) in [6.45, 7) is 8.32. The molecule has 1 aromatic carbocycles. The largest absolute Gasteiger partial charge is 0.445 e. The van der Waals surface area contributed by atoms with Gasteiger partial charge in [-0.1, -0.05) is 58.0 Å². The Bertz CT molecular complexity index is 335. The van der Waals surface area contributed by atoms with Gasteiger partial charge in [0.1, 0.15) is 6.61 Å². The number of amides is 1. The predicted molar refractivity (Wildman–Crippen MR) is 81.3 cm³/mol. The third-order valence-electron chi connectivity index (χ3n) is 1.42. The van der Waals surface area contributed by atoms with Crippen LogP contribution < -0.4 is 5.32 Å². The summed E-state index contributed by atoms with van der Waals surface area (Å²) in [5, 5.41) is 11.2. The Morgan fingerprint density at radius 3 is 1.82 bits per heavy atom. The fraction of sp³-hybridized carbons (Fsp3) is 0.500. The second-order valence-corrected chi connectivity index (χ2v) is 2.75. The van der Waals surface area contributed by atoms with Crippen molar-refractivity contribution in [3.63, 3.8) is 0 Å². The first-order valence-corrected chi connectivity index (χ1v) is 6.52. The standard InChI is InChI=1S/C9H11NO2.2C2H6.CH3NO2.2Ar/c1-10-9(11)12-7-8-5-3-2-4-6-8;2*1-2;1-2(3)4;;/h2-6H,7H2,1H3,(H,10,11);2*1-2H3;1H3;;. The number of carbonyl (C=O) groups is 1. The fourth-order valence-corrected chi connectivity index (χ4v) is 0.795. The van der Waals surface area contributed by atoms with E-state index in [9.17, 15) is 4.79 Å². The summed E-state index contributed by atoms with van der Waals surface area (Å²) >= 11 is 0. The number of carbonyl (C=O) groups excluding carboxylic acids is 1. The smallest absolute Gasteiger partial charge is 0.407 e. The van der Waals surface area contributed by atoms with E-state index < -0.39 is 11.0 Å². The Labute approximate surface area is 193 Å². The monoisotopic (exact) mass is 366 g/mol. The fourth-order valence-electron chi connectivity index (χ4n) is 0.795. The number of hydrogen-bond acceptors (Lipinski definition) is 4. The van der Waals surface area contributed by atoms with Crippen LogP contribution in [0.5, 0.6) is 0 Å². The van der Waals surface area contributed by atoms with E-state index in [0.717, 1.165) is 12.6 Å². The van der Waals surface area contributed by atoms with Crippen molar-refractivity contribution in [2.24, 2.45) is 0 Å². The molecule has 0 bridgehead atoms. The van der Waals surface area contributed by atoms with Crippen LogP contribution in [0, 0.1) is 85.6 Å².